The second-order valence-electron chi connectivity index (χ2n) is 3.80. The highest BCUT2D eigenvalue weighted by molar-refractivity contribution is 5.83. The smallest absolute Gasteiger partial charge is 0.122 e. The average Bonchev–Trinajstić information content (AvgIpc) is 2.39. The number of aromatic hydroxyl groups is 1. The van der Waals surface area contributed by atoms with E-state index >= 15 is 0 Å². The number of hydrogen-bond donors (Lipinski definition) is 2. The van der Waals surface area contributed by atoms with Crippen molar-refractivity contribution in [2.24, 2.45) is 5.73 Å². The van der Waals surface area contributed by atoms with Crippen LogP contribution < -0.4 is 5.73 Å². The van der Waals surface area contributed by atoms with E-state index < -0.39 is 0 Å². The number of rotatable bonds is 3. The van der Waals surface area contributed by atoms with Crippen LogP contribution in [0.2, 0.25) is 0 Å². The fraction of sp³-hybridized carbons (Fsp3) is 0.0667. The Morgan fingerprint density at radius 3 is 2.29 bits per heavy atom. The van der Waals surface area contributed by atoms with Gasteiger partial charge in [0.1, 0.15) is 5.75 Å². The van der Waals surface area contributed by atoms with E-state index in [1.807, 2.05) is 48.5 Å². The summed E-state index contributed by atoms with van der Waals surface area (Å²) in [5.41, 5.74) is 8.63. The Morgan fingerprint density at radius 1 is 1.00 bits per heavy atom. The van der Waals surface area contributed by atoms with Crippen molar-refractivity contribution in [2.45, 2.75) is 0 Å². The van der Waals surface area contributed by atoms with E-state index in [9.17, 15) is 5.11 Å². The molecule has 3 N–H and O–H groups in total. The third kappa shape index (κ3) is 2.74. The molecule has 0 amide bonds. The van der Waals surface area contributed by atoms with Gasteiger partial charge in [-0.05, 0) is 23.3 Å². The van der Waals surface area contributed by atoms with Crippen molar-refractivity contribution < 1.29 is 5.11 Å². The summed E-state index contributed by atoms with van der Waals surface area (Å²) in [6, 6.07) is 17.2. The monoisotopic (exact) mass is 225 g/mol. The van der Waals surface area contributed by atoms with E-state index in [1.165, 1.54) is 0 Å². The molecule has 0 fully saturated rings. The maximum atomic E-state index is 9.72. The maximum absolute atomic E-state index is 9.72. The van der Waals surface area contributed by atoms with Crippen LogP contribution in [0.25, 0.3) is 11.6 Å². The zero-order valence-corrected chi connectivity index (χ0v) is 9.51. The molecule has 0 heterocycles. The highest BCUT2D eigenvalue weighted by Crippen LogP contribution is 2.22. The average molecular weight is 225 g/mol. The highest BCUT2D eigenvalue weighted by Gasteiger charge is 2.01. The van der Waals surface area contributed by atoms with Crippen molar-refractivity contribution in [2.75, 3.05) is 6.54 Å². The van der Waals surface area contributed by atoms with Gasteiger partial charge in [0.15, 0.2) is 0 Å². The lowest BCUT2D eigenvalue weighted by Gasteiger charge is -2.06. The molecule has 17 heavy (non-hydrogen) atoms. The van der Waals surface area contributed by atoms with Crippen LogP contribution in [0.5, 0.6) is 5.75 Å². The molecule has 0 spiro atoms. The maximum Gasteiger partial charge on any atom is 0.122 e. The van der Waals surface area contributed by atoms with Crippen molar-refractivity contribution in [3.63, 3.8) is 0 Å². The Bertz CT molecular complexity index is 517. The van der Waals surface area contributed by atoms with Crippen LogP contribution in [0.3, 0.4) is 0 Å². The lowest BCUT2D eigenvalue weighted by molar-refractivity contribution is 0.474. The van der Waals surface area contributed by atoms with Gasteiger partial charge in [0.05, 0.1) is 0 Å². The molecule has 0 radical (unpaired) electrons. The van der Waals surface area contributed by atoms with Gasteiger partial charge in [-0.3, -0.25) is 0 Å². The molecule has 0 saturated carbocycles. The minimum Gasteiger partial charge on any atom is -0.507 e. The topological polar surface area (TPSA) is 46.2 Å². The van der Waals surface area contributed by atoms with Crippen LogP contribution in [0.1, 0.15) is 11.1 Å². The predicted molar refractivity (Wildman–Crippen MR) is 71.5 cm³/mol. The fourth-order valence-corrected chi connectivity index (χ4v) is 1.71. The van der Waals surface area contributed by atoms with Crippen molar-refractivity contribution in [3.05, 3.63) is 65.7 Å². The number of phenols is 1. The molecule has 2 heteroatoms. The Kier molecular flexibility index (Phi) is 3.58. The van der Waals surface area contributed by atoms with Gasteiger partial charge < -0.3 is 10.8 Å². The minimum absolute atomic E-state index is 0.273. The van der Waals surface area contributed by atoms with Crippen molar-refractivity contribution >= 4 is 11.6 Å². The van der Waals surface area contributed by atoms with E-state index in [0.29, 0.717) is 6.54 Å². The molecule has 0 aliphatic carbocycles. The summed E-state index contributed by atoms with van der Waals surface area (Å²) in [5, 5.41) is 9.72. The number of nitrogens with two attached hydrogens (primary N) is 1. The molecular weight excluding hydrogens is 210 g/mol. The number of benzene rings is 2. The molecule has 2 nitrogen and oxygen atoms in total. The first-order valence-electron chi connectivity index (χ1n) is 5.55. The third-order valence-corrected chi connectivity index (χ3v) is 2.63. The minimum atomic E-state index is 0.273. The lowest BCUT2D eigenvalue weighted by Crippen LogP contribution is -2.02. The van der Waals surface area contributed by atoms with Gasteiger partial charge in [0.25, 0.3) is 0 Å². The van der Waals surface area contributed by atoms with Crippen molar-refractivity contribution in [3.8, 4) is 5.75 Å². The summed E-state index contributed by atoms with van der Waals surface area (Å²) in [6.45, 7) is 0.443. The second kappa shape index (κ2) is 5.32. The van der Waals surface area contributed by atoms with E-state index in [0.717, 1.165) is 16.7 Å². The fourth-order valence-electron chi connectivity index (χ4n) is 1.71. The number of hydrogen-bond acceptors (Lipinski definition) is 2. The Hall–Kier alpha value is -2.06. The van der Waals surface area contributed by atoms with Gasteiger partial charge in [0.2, 0.25) is 0 Å². The summed E-state index contributed by atoms with van der Waals surface area (Å²) in [4.78, 5) is 0. The van der Waals surface area contributed by atoms with Gasteiger partial charge in [-0.1, -0.05) is 48.5 Å². The molecule has 2 rings (SSSR count). The van der Waals surface area contributed by atoms with Crippen LogP contribution in [0, 0.1) is 0 Å². The molecule has 0 saturated heterocycles. The SMILES string of the molecule is NC/C(=C\c1ccccc1O)c1ccccc1. The van der Waals surface area contributed by atoms with E-state index in [4.69, 9.17) is 5.73 Å². The van der Waals surface area contributed by atoms with E-state index in [1.54, 1.807) is 12.1 Å². The first-order valence-corrected chi connectivity index (χ1v) is 5.55. The molecule has 0 bridgehead atoms. The molecule has 86 valence electrons. The van der Waals surface area contributed by atoms with Crippen LogP contribution in [0.15, 0.2) is 54.6 Å². The van der Waals surface area contributed by atoms with Gasteiger partial charge in [0, 0.05) is 12.1 Å². The van der Waals surface area contributed by atoms with Crippen LogP contribution >= 0.6 is 0 Å². The molecule has 2 aromatic carbocycles. The molecule has 0 aliphatic heterocycles. The summed E-state index contributed by atoms with van der Waals surface area (Å²) >= 11 is 0. The normalized spacial score (nSPS) is 11.5. The molecule has 2 aromatic rings. The van der Waals surface area contributed by atoms with Gasteiger partial charge in [-0.25, -0.2) is 0 Å². The van der Waals surface area contributed by atoms with Crippen molar-refractivity contribution in [1.82, 2.24) is 0 Å². The second-order valence-corrected chi connectivity index (χ2v) is 3.80. The van der Waals surface area contributed by atoms with Gasteiger partial charge in [-0.15, -0.1) is 0 Å². The first-order chi connectivity index (χ1) is 8.31. The van der Waals surface area contributed by atoms with Crippen molar-refractivity contribution in [1.29, 1.82) is 0 Å². The summed E-state index contributed by atoms with van der Waals surface area (Å²) in [6.07, 6.45) is 1.92. The predicted octanol–water partition coefficient (Wildman–Crippen LogP) is 2.89. The largest absolute Gasteiger partial charge is 0.507 e. The number of phenolic OH excluding ortho intramolecular Hbond substituents is 1. The Morgan fingerprint density at radius 2 is 1.65 bits per heavy atom. The summed E-state index contributed by atoms with van der Waals surface area (Å²) < 4.78 is 0. The molecule has 0 unspecified atom stereocenters. The highest BCUT2D eigenvalue weighted by atomic mass is 16.3. The lowest BCUT2D eigenvalue weighted by atomic mass is 10.0. The Balaban J connectivity index is 2.40. The van der Waals surface area contributed by atoms with Crippen LogP contribution in [-0.4, -0.2) is 11.7 Å². The van der Waals surface area contributed by atoms with E-state index in [2.05, 4.69) is 0 Å². The van der Waals surface area contributed by atoms with Crippen LogP contribution in [0.4, 0.5) is 0 Å². The third-order valence-electron chi connectivity index (χ3n) is 2.63. The molecular formula is C15H15NO. The first kappa shape index (κ1) is 11.4. The quantitative estimate of drug-likeness (QED) is 0.789. The van der Waals surface area contributed by atoms with Gasteiger partial charge in [-0.2, -0.15) is 0 Å². The zero-order chi connectivity index (χ0) is 12.1. The summed E-state index contributed by atoms with van der Waals surface area (Å²) in [5.74, 6) is 0.273. The summed E-state index contributed by atoms with van der Waals surface area (Å²) in [7, 11) is 0. The standard InChI is InChI=1S/C15H15NO/c16-11-14(12-6-2-1-3-7-12)10-13-8-4-5-9-15(13)17/h1-10,17H,11,16H2/b14-10+. The molecule has 0 atom stereocenters. The van der Waals surface area contributed by atoms with E-state index in [-0.39, 0.29) is 5.75 Å². The molecule has 0 aliphatic rings. The Labute approximate surface area is 101 Å². The molecule has 0 aromatic heterocycles. The van der Waals surface area contributed by atoms with Crippen LogP contribution in [-0.2, 0) is 0 Å². The number of para-hydroxylation sites is 1. The van der Waals surface area contributed by atoms with Gasteiger partial charge >= 0.3 is 0 Å². The zero-order valence-electron chi connectivity index (χ0n) is 9.51.